The first kappa shape index (κ1) is 21.5. The van der Waals surface area contributed by atoms with Gasteiger partial charge in [0.25, 0.3) is 11.8 Å². The second kappa shape index (κ2) is 9.57. The number of anilines is 1. The third-order valence-corrected chi connectivity index (χ3v) is 5.18. The van der Waals surface area contributed by atoms with Crippen LogP contribution in [0.1, 0.15) is 15.9 Å². The summed E-state index contributed by atoms with van der Waals surface area (Å²) in [7, 11) is 1.57. The molecule has 0 aromatic heterocycles. The predicted octanol–water partition coefficient (Wildman–Crippen LogP) is 4.60. The van der Waals surface area contributed by atoms with Crippen LogP contribution in [0.3, 0.4) is 0 Å². The fourth-order valence-corrected chi connectivity index (χ4v) is 3.26. The highest BCUT2D eigenvalue weighted by Crippen LogP contribution is 2.33. The summed E-state index contributed by atoms with van der Waals surface area (Å²) in [5.74, 6) is 0.994. The molecule has 3 aromatic carbocycles. The minimum Gasteiger partial charge on any atom is -0.497 e. The number of benzene rings is 3. The third-order valence-electron chi connectivity index (χ3n) is 4.65. The van der Waals surface area contributed by atoms with Crippen LogP contribution in [0.2, 0.25) is 0 Å². The van der Waals surface area contributed by atoms with Gasteiger partial charge in [-0.3, -0.25) is 9.59 Å². The van der Waals surface area contributed by atoms with Gasteiger partial charge < -0.3 is 24.8 Å². The minimum atomic E-state index is -0.474. The summed E-state index contributed by atoms with van der Waals surface area (Å²) in [6, 6.07) is 19.0. The van der Waals surface area contributed by atoms with E-state index in [1.54, 1.807) is 79.9 Å². The molecule has 0 bridgehead atoms. The fraction of sp³-hybridized carbons (Fsp3) is 0.0833. The average molecular weight is 495 g/mol. The molecule has 0 fully saturated rings. The third kappa shape index (κ3) is 5.09. The van der Waals surface area contributed by atoms with Crippen molar-refractivity contribution in [3.8, 4) is 17.2 Å². The van der Waals surface area contributed by atoms with E-state index in [4.69, 9.17) is 14.2 Å². The highest BCUT2D eigenvalue weighted by Gasteiger charge is 2.17. The highest BCUT2D eigenvalue weighted by molar-refractivity contribution is 9.10. The van der Waals surface area contributed by atoms with Crippen molar-refractivity contribution in [1.82, 2.24) is 5.32 Å². The first-order valence-electron chi connectivity index (χ1n) is 9.65. The number of halogens is 1. The maximum absolute atomic E-state index is 13.0. The van der Waals surface area contributed by atoms with Crippen molar-refractivity contribution in [3.05, 3.63) is 88.0 Å². The van der Waals surface area contributed by atoms with Crippen LogP contribution in [0.5, 0.6) is 17.2 Å². The lowest BCUT2D eigenvalue weighted by Crippen LogP contribution is -2.30. The largest absolute Gasteiger partial charge is 0.497 e. The zero-order chi connectivity index (χ0) is 22.5. The standard InChI is InChI=1S/C24H19BrN2O5/c1-30-19-9-7-18(8-10-19)26-24(29)20(27-23(28)16-3-5-17(25)6-4-16)12-15-2-11-21-22(13-15)32-14-31-21/h2-13H,14H2,1H3,(H,26,29)(H,27,28). The first-order chi connectivity index (χ1) is 15.5. The molecule has 162 valence electrons. The second-order valence-corrected chi connectivity index (χ2v) is 7.73. The molecule has 8 heteroatoms. The smallest absolute Gasteiger partial charge is 0.272 e. The average Bonchev–Trinajstić information content (AvgIpc) is 3.27. The van der Waals surface area contributed by atoms with E-state index in [1.165, 1.54) is 0 Å². The van der Waals surface area contributed by atoms with Crippen molar-refractivity contribution < 1.29 is 23.8 Å². The van der Waals surface area contributed by atoms with Gasteiger partial charge in [0, 0.05) is 15.7 Å². The number of hydrogen-bond acceptors (Lipinski definition) is 5. The Morgan fingerprint density at radius 1 is 0.969 bits per heavy atom. The van der Waals surface area contributed by atoms with Gasteiger partial charge in [0.1, 0.15) is 11.4 Å². The molecule has 3 aromatic rings. The van der Waals surface area contributed by atoms with Crippen molar-refractivity contribution >= 4 is 39.5 Å². The van der Waals surface area contributed by atoms with E-state index in [2.05, 4.69) is 26.6 Å². The Hall–Kier alpha value is -3.78. The van der Waals surface area contributed by atoms with Crippen LogP contribution in [-0.2, 0) is 4.79 Å². The number of carbonyl (C=O) groups is 2. The van der Waals surface area contributed by atoms with Crippen molar-refractivity contribution in [2.45, 2.75) is 0 Å². The molecule has 1 heterocycles. The number of nitrogens with one attached hydrogen (secondary N) is 2. The Morgan fingerprint density at radius 2 is 1.69 bits per heavy atom. The molecular weight excluding hydrogens is 476 g/mol. The molecule has 1 aliphatic heterocycles. The quantitative estimate of drug-likeness (QED) is 0.489. The maximum atomic E-state index is 13.0. The van der Waals surface area contributed by atoms with Gasteiger partial charge in [0.15, 0.2) is 11.5 Å². The molecule has 7 nitrogen and oxygen atoms in total. The van der Waals surface area contributed by atoms with Crippen LogP contribution in [0.4, 0.5) is 5.69 Å². The highest BCUT2D eigenvalue weighted by atomic mass is 79.9. The molecular formula is C24H19BrN2O5. The van der Waals surface area contributed by atoms with E-state index >= 15 is 0 Å². The van der Waals surface area contributed by atoms with Gasteiger partial charge in [-0.25, -0.2) is 0 Å². The van der Waals surface area contributed by atoms with Crippen molar-refractivity contribution in [3.63, 3.8) is 0 Å². The summed E-state index contributed by atoms with van der Waals surface area (Å²) >= 11 is 3.35. The van der Waals surface area contributed by atoms with Gasteiger partial charge in [0.2, 0.25) is 6.79 Å². The minimum absolute atomic E-state index is 0.0765. The summed E-state index contributed by atoms with van der Waals surface area (Å²) in [6.07, 6.45) is 1.58. The molecule has 2 N–H and O–H groups in total. The summed E-state index contributed by atoms with van der Waals surface area (Å²) in [5.41, 5.74) is 1.73. The molecule has 32 heavy (non-hydrogen) atoms. The Bertz CT molecular complexity index is 1170. The Balaban J connectivity index is 1.61. The van der Waals surface area contributed by atoms with Crippen LogP contribution in [0, 0.1) is 0 Å². The van der Waals surface area contributed by atoms with E-state index < -0.39 is 11.8 Å². The molecule has 0 aliphatic carbocycles. The number of hydrogen-bond donors (Lipinski definition) is 2. The van der Waals surface area contributed by atoms with Crippen LogP contribution in [0.15, 0.2) is 76.9 Å². The van der Waals surface area contributed by atoms with E-state index in [-0.39, 0.29) is 12.5 Å². The molecule has 0 atom stereocenters. The number of rotatable bonds is 6. The van der Waals surface area contributed by atoms with Crippen LogP contribution in [-0.4, -0.2) is 25.7 Å². The number of ether oxygens (including phenoxy) is 3. The molecule has 0 unspecified atom stereocenters. The van der Waals surface area contributed by atoms with Crippen molar-refractivity contribution in [2.75, 3.05) is 19.2 Å². The molecule has 0 radical (unpaired) electrons. The lowest BCUT2D eigenvalue weighted by atomic mass is 10.1. The van der Waals surface area contributed by atoms with Gasteiger partial charge in [-0.05, 0) is 72.3 Å². The van der Waals surface area contributed by atoms with Gasteiger partial charge in [0.05, 0.1) is 7.11 Å². The molecule has 1 aliphatic rings. The Labute approximate surface area is 193 Å². The number of carbonyl (C=O) groups excluding carboxylic acids is 2. The zero-order valence-corrected chi connectivity index (χ0v) is 18.6. The second-order valence-electron chi connectivity index (χ2n) is 6.81. The number of fused-ring (bicyclic) bond motifs is 1. The van der Waals surface area contributed by atoms with E-state index in [9.17, 15) is 9.59 Å². The summed E-state index contributed by atoms with van der Waals surface area (Å²) in [6.45, 7) is 0.146. The predicted molar refractivity (Wildman–Crippen MR) is 124 cm³/mol. The molecule has 2 amide bonds. The van der Waals surface area contributed by atoms with Gasteiger partial charge >= 0.3 is 0 Å². The van der Waals surface area contributed by atoms with Crippen molar-refractivity contribution in [2.24, 2.45) is 0 Å². The van der Waals surface area contributed by atoms with E-state index in [1.807, 2.05) is 0 Å². The summed E-state index contributed by atoms with van der Waals surface area (Å²) < 4.78 is 16.7. The van der Waals surface area contributed by atoms with E-state index in [0.717, 1.165) is 4.47 Å². The van der Waals surface area contributed by atoms with Gasteiger partial charge in [-0.2, -0.15) is 0 Å². The topological polar surface area (TPSA) is 85.9 Å². The SMILES string of the molecule is COc1ccc(NC(=O)C(=Cc2ccc3c(c2)OCO3)NC(=O)c2ccc(Br)cc2)cc1. The summed E-state index contributed by atoms with van der Waals surface area (Å²) in [5, 5.41) is 5.50. The lowest BCUT2D eigenvalue weighted by molar-refractivity contribution is -0.113. The fourth-order valence-electron chi connectivity index (χ4n) is 3.00. The monoisotopic (exact) mass is 494 g/mol. The normalized spacial score (nSPS) is 12.2. The number of methoxy groups -OCH3 is 1. The summed E-state index contributed by atoms with van der Waals surface area (Å²) in [4.78, 5) is 25.8. The van der Waals surface area contributed by atoms with Gasteiger partial charge in [-0.1, -0.05) is 22.0 Å². The Kier molecular flexibility index (Phi) is 6.42. The van der Waals surface area contributed by atoms with Gasteiger partial charge in [-0.15, -0.1) is 0 Å². The van der Waals surface area contributed by atoms with Crippen LogP contribution in [0.25, 0.3) is 6.08 Å². The lowest BCUT2D eigenvalue weighted by Gasteiger charge is -2.12. The van der Waals surface area contributed by atoms with Crippen LogP contribution >= 0.6 is 15.9 Å². The number of amides is 2. The zero-order valence-electron chi connectivity index (χ0n) is 17.1. The van der Waals surface area contributed by atoms with Crippen molar-refractivity contribution in [1.29, 1.82) is 0 Å². The molecule has 0 spiro atoms. The van der Waals surface area contributed by atoms with Crippen LogP contribution < -0.4 is 24.8 Å². The molecule has 0 saturated carbocycles. The first-order valence-corrected chi connectivity index (χ1v) is 10.4. The molecule has 4 rings (SSSR count). The van der Waals surface area contributed by atoms with E-state index in [0.29, 0.717) is 34.1 Å². The maximum Gasteiger partial charge on any atom is 0.272 e. The Morgan fingerprint density at radius 3 is 2.41 bits per heavy atom. The molecule has 0 saturated heterocycles.